The predicted molar refractivity (Wildman–Crippen MR) is 66.3 cm³/mol. The molecule has 0 bridgehead atoms. The van der Waals surface area contributed by atoms with E-state index in [9.17, 15) is 8.42 Å². The highest BCUT2D eigenvalue weighted by Crippen LogP contribution is 2.28. The average molecular weight is 269 g/mol. The fraction of sp³-hybridized carbons (Fsp3) is 0.364. The molecule has 98 valence electrons. The number of hydrogen-bond acceptors (Lipinski definition) is 4. The minimum atomic E-state index is -3.87. The number of primary sulfonamides is 1. The maximum atomic E-state index is 11.3. The first-order valence-electron chi connectivity index (χ1n) is 5.35. The van der Waals surface area contributed by atoms with E-state index >= 15 is 0 Å². The van der Waals surface area contributed by atoms with Gasteiger partial charge >= 0.3 is 0 Å². The SMILES string of the molecule is CC(C)(C)n1cc(-c2ccoc2S(N)(=O)=O)cn1. The Kier molecular flexibility index (Phi) is 2.83. The summed E-state index contributed by atoms with van der Waals surface area (Å²) in [5.74, 6) is 0. The second-order valence-electron chi connectivity index (χ2n) is 5.01. The number of nitrogens with zero attached hydrogens (tertiary/aromatic N) is 2. The standard InChI is InChI=1S/C11H15N3O3S/c1-11(2,3)14-7-8(6-13-14)9-4-5-17-10(9)18(12,15)16/h4-7H,1-3H3,(H2,12,15,16). The first kappa shape index (κ1) is 12.8. The van der Waals surface area contributed by atoms with Gasteiger partial charge in [0.1, 0.15) is 0 Å². The summed E-state index contributed by atoms with van der Waals surface area (Å²) in [7, 11) is -3.87. The van der Waals surface area contributed by atoms with Gasteiger partial charge in [-0.3, -0.25) is 4.68 Å². The fourth-order valence-corrected chi connectivity index (χ4v) is 2.24. The molecule has 18 heavy (non-hydrogen) atoms. The lowest BCUT2D eigenvalue weighted by molar-refractivity contribution is 0.355. The van der Waals surface area contributed by atoms with Gasteiger partial charge in [-0.15, -0.1) is 0 Å². The summed E-state index contributed by atoms with van der Waals surface area (Å²) >= 11 is 0. The van der Waals surface area contributed by atoms with Gasteiger partial charge in [0.25, 0.3) is 10.0 Å². The third-order valence-corrected chi connectivity index (χ3v) is 3.30. The lowest BCUT2D eigenvalue weighted by Crippen LogP contribution is -2.21. The van der Waals surface area contributed by atoms with Crippen LogP contribution in [0.15, 0.2) is 34.2 Å². The van der Waals surface area contributed by atoms with Crippen molar-refractivity contribution in [1.82, 2.24) is 9.78 Å². The smallest absolute Gasteiger partial charge is 0.272 e. The van der Waals surface area contributed by atoms with E-state index in [1.807, 2.05) is 20.8 Å². The topological polar surface area (TPSA) is 91.1 Å². The van der Waals surface area contributed by atoms with Gasteiger partial charge in [-0.1, -0.05) is 0 Å². The normalized spacial score (nSPS) is 12.9. The van der Waals surface area contributed by atoms with Crippen molar-refractivity contribution in [2.24, 2.45) is 5.14 Å². The van der Waals surface area contributed by atoms with Crippen molar-refractivity contribution in [3.8, 4) is 11.1 Å². The lowest BCUT2D eigenvalue weighted by Gasteiger charge is -2.18. The molecular weight excluding hydrogens is 254 g/mol. The molecule has 0 atom stereocenters. The van der Waals surface area contributed by atoms with Crippen LogP contribution >= 0.6 is 0 Å². The van der Waals surface area contributed by atoms with Crippen molar-refractivity contribution in [1.29, 1.82) is 0 Å². The minimum absolute atomic E-state index is 0.177. The van der Waals surface area contributed by atoms with E-state index in [4.69, 9.17) is 9.56 Å². The first-order chi connectivity index (χ1) is 8.19. The number of hydrogen-bond donors (Lipinski definition) is 1. The molecule has 0 aliphatic carbocycles. The fourth-order valence-electron chi connectivity index (χ4n) is 1.56. The van der Waals surface area contributed by atoms with Gasteiger partial charge in [0.15, 0.2) is 0 Å². The van der Waals surface area contributed by atoms with Gasteiger partial charge in [0.05, 0.1) is 18.0 Å². The van der Waals surface area contributed by atoms with Crippen LogP contribution in [0.4, 0.5) is 0 Å². The summed E-state index contributed by atoms with van der Waals surface area (Å²) in [6, 6.07) is 1.56. The number of nitrogens with two attached hydrogens (primary N) is 1. The van der Waals surface area contributed by atoms with E-state index in [1.165, 1.54) is 6.26 Å². The molecule has 7 heteroatoms. The molecule has 0 saturated heterocycles. The zero-order chi connectivity index (χ0) is 13.6. The van der Waals surface area contributed by atoms with Crippen LogP contribution in [0.25, 0.3) is 11.1 Å². The number of rotatable bonds is 2. The van der Waals surface area contributed by atoms with E-state index in [0.29, 0.717) is 11.1 Å². The zero-order valence-corrected chi connectivity index (χ0v) is 11.2. The monoisotopic (exact) mass is 269 g/mol. The van der Waals surface area contributed by atoms with Crippen LogP contribution in [-0.4, -0.2) is 18.2 Å². The largest absolute Gasteiger partial charge is 0.451 e. The van der Waals surface area contributed by atoms with Gasteiger partial charge in [-0.2, -0.15) is 5.10 Å². The van der Waals surface area contributed by atoms with Gasteiger partial charge in [0.2, 0.25) is 5.09 Å². The predicted octanol–water partition coefficient (Wildman–Crippen LogP) is 1.55. The molecule has 0 amide bonds. The van der Waals surface area contributed by atoms with E-state index in [0.717, 1.165) is 0 Å². The molecule has 6 nitrogen and oxygen atoms in total. The molecule has 0 radical (unpaired) electrons. The van der Waals surface area contributed by atoms with Crippen molar-refractivity contribution < 1.29 is 12.8 Å². The lowest BCUT2D eigenvalue weighted by atomic mass is 10.1. The van der Waals surface area contributed by atoms with Crippen molar-refractivity contribution in [3.63, 3.8) is 0 Å². The second kappa shape index (κ2) is 3.96. The van der Waals surface area contributed by atoms with Gasteiger partial charge in [0, 0.05) is 17.3 Å². The minimum Gasteiger partial charge on any atom is -0.451 e. The summed E-state index contributed by atoms with van der Waals surface area (Å²) in [4.78, 5) is 0. The molecule has 0 aliphatic rings. The summed E-state index contributed by atoms with van der Waals surface area (Å²) in [6.07, 6.45) is 4.65. The van der Waals surface area contributed by atoms with Crippen LogP contribution in [0.2, 0.25) is 0 Å². The van der Waals surface area contributed by atoms with Crippen LogP contribution in [0.1, 0.15) is 20.8 Å². The van der Waals surface area contributed by atoms with E-state index in [2.05, 4.69) is 5.10 Å². The Labute approximate surface area is 105 Å². The summed E-state index contributed by atoms with van der Waals surface area (Å²) < 4.78 is 29.4. The highest BCUT2D eigenvalue weighted by molar-refractivity contribution is 7.89. The Bertz CT molecular complexity index is 662. The quantitative estimate of drug-likeness (QED) is 0.895. The Morgan fingerprint density at radius 2 is 2.06 bits per heavy atom. The molecule has 2 aromatic rings. The van der Waals surface area contributed by atoms with E-state index < -0.39 is 10.0 Å². The first-order valence-corrected chi connectivity index (χ1v) is 6.90. The molecular formula is C11H15N3O3S. The third kappa shape index (κ3) is 2.32. The number of furan rings is 1. The maximum Gasteiger partial charge on any atom is 0.272 e. The van der Waals surface area contributed by atoms with Crippen LogP contribution in [0.5, 0.6) is 0 Å². The van der Waals surface area contributed by atoms with Crippen LogP contribution in [0.3, 0.4) is 0 Å². The van der Waals surface area contributed by atoms with E-state index in [1.54, 1.807) is 23.1 Å². The van der Waals surface area contributed by atoms with Crippen molar-refractivity contribution in [2.75, 3.05) is 0 Å². The van der Waals surface area contributed by atoms with Crippen molar-refractivity contribution >= 4 is 10.0 Å². The molecule has 2 rings (SSSR count). The van der Waals surface area contributed by atoms with Gasteiger partial charge in [-0.05, 0) is 26.8 Å². The van der Waals surface area contributed by atoms with Crippen molar-refractivity contribution in [2.45, 2.75) is 31.4 Å². The average Bonchev–Trinajstić information content (AvgIpc) is 2.84. The molecule has 0 unspecified atom stereocenters. The van der Waals surface area contributed by atoms with E-state index in [-0.39, 0.29) is 10.6 Å². The summed E-state index contributed by atoms with van der Waals surface area (Å²) in [6.45, 7) is 6.00. The summed E-state index contributed by atoms with van der Waals surface area (Å²) in [5.41, 5.74) is 0.903. The van der Waals surface area contributed by atoms with Gasteiger partial charge in [-0.25, -0.2) is 13.6 Å². The molecule has 0 aromatic carbocycles. The van der Waals surface area contributed by atoms with Crippen molar-refractivity contribution in [3.05, 3.63) is 24.7 Å². The summed E-state index contributed by atoms with van der Waals surface area (Å²) in [5, 5.41) is 9.05. The Balaban J connectivity index is 2.51. The van der Waals surface area contributed by atoms with Crippen LogP contribution < -0.4 is 5.14 Å². The second-order valence-corrected chi connectivity index (χ2v) is 6.47. The number of sulfonamides is 1. The number of aromatic nitrogens is 2. The van der Waals surface area contributed by atoms with Crippen LogP contribution in [-0.2, 0) is 15.6 Å². The molecule has 2 aromatic heterocycles. The Morgan fingerprint density at radius 3 is 2.56 bits per heavy atom. The molecule has 0 saturated carbocycles. The molecule has 2 N–H and O–H groups in total. The maximum absolute atomic E-state index is 11.3. The molecule has 0 spiro atoms. The van der Waals surface area contributed by atoms with Crippen LogP contribution in [0, 0.1) is 0 Å². The Hall–Kier alpha value is -1.60. The Morgan fingerprint density at radius 1 is 1.39 bits per heavy atom. The van der Waals surface area contributed by atoms with Gasteiger partial charge < -0.3 is 4.42 Å². The third-order valence-electron chi connectivity index (χ3n) is 2.47. The highest BCUT2D eigenvalue weighted by atomic mass is 32.2. The molecule has 2 heterocycles. The molecule has 0 aliphatic heterocycles. The molecule has 0 fully saturated rings. The zero-order valence-electron chi connectivity index (χ0n) is 10.4. The highest BCUT2D eigenvalue weighted by Gasteiger charge is 2.21.